The Morgan fingerprint density at radius 2 is 2.13 bits per heavy atom. The lowest BCUT2D eigenvalue weighted by molar-refractivity contribution is 0.535. The van der Waals surface area contributed by atoms with Gasteiger partial charge in [-0.05, 0) is 25.8 Å². The maximum atomic E-state index is 4.69. The normalized spacial score (nSPS) is 17.8. The highest BCUT2D eigenvalue weighted by Gasteiger charge is 2.27. The van der Waals surface area contributed by atoms with Gasteiger partial charge in [-0.2, -0.15) is 10.1 Å². The van der Waals surface area contributed by atoms with Gasteiger partial charge < -0.3 is 9.47 Å². The highest BCUT2D eigenvalue weighted by molar-refractivity contribution is 5.37. The van der Waals surface area contributed by atoms with Crippen molar-refractivity contribution in [1.82, 2.24) is 29.3 Å². The monoisotopic (exact) mass is 309 g/mol. The van der Waals surface area contributed by atoms with Gasteiger partial charge in [-0.3, -0.25) is 0 Å². The van der Waals surface area contributed by atoms with Gasteiger partial charge in [0.1, 0.15) is 5.82 Å². The van der Waals surface area contributed by atoms with Gasteiger partial charge in [-0.25, -0.2) is 14.6 Å². The van der Waals surface area contributed by atoms with Crippen LogP contribution in [0.1, 0.15) is 18.7 Å². The van der Waals surface area contributed by atoms with E-state index in [2.05, 4.69) is 29.5 Å². The summed E-state index contributed by atoms with van der Waals surface area (Å²) in [4.78, 5) is 15.8. The van der Waals surface area contributed by atoms with E-state index in [1.165, 1.54) is 0 Å². The van der Waals surface area contributed by atoms with Crippen LogP contribution in [0, 0.1) is 6.92 Å². The third kappa shape index (κ3) is 2.69. The molecule has 0 saturated carbocycles. The van der Waals surface area contributed by atoms with E-state index in [9.17, 15) is 0 Å². The molecule has 118 valence electrons. The first kappa shape index (κ1) is 13.9. The van der Waals surface area contributed by atoms with E-state index < -0.39 is 0 Å². The molecule has 1 fully saturated rings. The molecule has 0 aliphatic carbocycles. The van der Waals surface area contributed by atoms with Crippen molar-refractivity contribution in [3.05, 3.63) is 48.9 Å². The Balaban J connectivity index is 1.59. The van der Waals surface area contributed by atoms with Crippen LogP contribution in [0.3, 0.4) is 0 Å². The number of imidazole rings is 1. The predicted molar refractivity (Wildman–Crippen MR) is 86.5 cm³/mol. The summed E-state index contributed by atoms with van der Waals surface area (Å²) >= 11 is 0. The van der Waals surface area contributed by atoms with Crippen molar-refractivity contribution >= 4 is 5.95 Å². The zero-order valence-electron chi connectivity index (χ0n) is 13.1. The summed E-state index contributed by atoms with van der Waals surface area (Å²) in [7, 11) is 0. The first-order valence-electron chi connectivity index (χ1n) is 7.89. The molecule has 0 N–H and O–H groups in total. The highest BCUT2D eigenvalue weighted by atomic mass is 15.3. The Morgan fingerprint density at radius 3 is 2.91 bits per heavy atom. The third-order valence-electron chi connectivity index (χ3n) is 4.33. The number of aromatic nitrogens is 6. The molecule has 4 rings (SSSR count). The smallest absolute Gasteiger partial charge is 0.227 e. The van der Waals surface area contributed by atoms with Crippen molar-refractivity contribution in [2.24, 2.45) is 0 Å². The second-order valence-corrected chi connectivity index (χ2v) is 5.78. The molecule has 0 radical (unpaired) electrons. The zero-order chi connectivity index (χ0) is 15.6. The highest BCUT2D eigenvalue weighted by Crippen LogP contribution is 2.24. The third-order valence-corrected chi connectivity index (χ3v) is 4.33. The maximum Gasteiger partial charge on any atom is 0.227 e. The molecular formula is C16H19N7. The van der Waals surface area contributed by atoms with Gasteiger partial charge in [0.25, 0.3) is 0 Å². The van der Waals surface area contributed by atoms with Gasteiger partial charge in [-0.1, -0.05) is 0 Å². The van der Waals surface area contributed by atoms with Crippen LogP contribution in [0.15, 0.2) is 43.1 Å². The Labute approximate surface area is 134 Å². The molecule has 7 nitrogen and oxygen atoms in total. The molecule has 1 aliphatic rings. The molecule has 0 amide bonds. The molecule has 1 saturated heterocycles. The van der Waals surface area contributed by atoms with Crippen LogP contribution in [0.4, 0.5) is 5.95 Å². The van der Waals surface area contributed by atoms with E-state index in [1.54, 1.807) is 17.1 Å². The molecule has 0 bridgehead atoms. The minimum Gasteiger partial charge on any atom is -0.336 e. The standard InChI is InChI=1S/C16H19N7/c1-13-17-8-11-21(13)12-14-4-2-9-22(14)16-18-7-5-15(20-16)23-10-3-6-19-23/h3,5-8,10-11,14H,2,4,9,12H2,1H3/t14-/m0/s1. The molecule has 3 aromatic heterocycles. The summed E-state index contributed by atoms with van der Waals surface area (Å²) in [5.74, 6) is 2.62. The fourth-order valence-corrected chi connectivity index (χ4v) is 3.12. The number of rotatable bonds is 4. The Hall–Kier alpha value is -2.70. The lowest BCUT2D eigenvalue weighted by Gasteiger charge is -2.25. The van der Waals surface area contributed by atoms with E-state index in [1.807, 2.05) is 37.6 Å². The van der Waals surface area contributed by atoms with Gasteiger partial charge in [0.15, 0.2) is 5.82 Å². The first-order chi connectivity index (χ1) is 11.3. The van der Waals surface area contributed by atoms with Crippen LogP contribution in [0.25, 0.3) is 5.82 Å². The number of anilines is 1. The largest absolute Gasteiger partial charge is 0.336 e. The van der Waals surface area contributed by atoms with Crippen LogP contribution in [-0.4, -0.2) is 41.9 Å². The molecule has 1 atom stereocenters. The predicted octanol–water partition coefficient (Wildman–Crippen LogP) is 1.84. The van der Waals surface area contributed by atoms with Crippen molar-refractivity contribution in [2.75, 3.05) is 11.4 Å². The van der Waals surface area contributed by atoms with Crippen molar-refractivity contribution in [1.29, 1.82) is 0 Å². The zero-order valence-corrected chi connectivity index (χ0v) is 13.1. The fourth-order valence-electron chi connectivity index (χ4n) is 3.12. The Bertz CT molecular complexity index is 777. The van der Waals surface area contributed by atoms with Gasteiger partial charge in [0.05, 0.1) is 0 Å². The molecule has 0 spiro atoms. The maximum absolute atomic E-state index is 4.69. The summed E-state index contributed by atoms with van der Waals surface area (Å²) in [5.41, 5.74) is 0. The summed E-state index contributed by atoms with van der Waals surface area (Å²) < 4.78 is 3.95. The van der Waals surface area contributed by atoms with Crippen molar-refractivity contribution in [3.8, 4) is 5.82 Å². The SMILES string of the molecule is Cc1nccn1C[C@@H]1CCCN1c1nccc(-n2cccn2)n1. The summed E-state index contributed by atoms with van der Waals surface area (Å²) in [5, 5.41) is 4.24. The van der Waals surface area contributed by atoms with Gasteiger partial charge in [0, 0.05) is 56.2 Å². The van der Waals surface area contributed by atoms with Crippen molar-refractivity contribution in [2.45, 2.75) is 32.4 Å². The van der Waals surface area contributed by atoms with Crippen LogP contribution in [0.2, 0.25) is 0 Å². The fraction of sp³-hybridized carbons (Fsp3) is 0.375. The number of aryl methyl sites for hydroxylation is 1. The van der Waals surface area contributed by atoms with E-state index >= 15 is 0 Å². The molecule has 0 aromatic carbocycles. The average molecular weight is 309 g/mol. The van der Waals surface area contributed by atoms with E-state index in [-0.39, 0.29) is 0 Å². The van der Waals surface area contributed by atoms with Crippen LogP contribution < -0.4 is 4.90 Å². The summed E-state index contributed by atoms with van der Waals surface area (Å²) in [6.45, 7) is 3.94. The number of hydrogen-bond acceptors (Lipinski definition) is 5. The first-order valence-corrected chi connectivity index (χ1v) is 7.89. The Morgan fingerprint density at radius 1 is 1.17 bits per heavy atom. The molecular weight excluding hydrogens is 290 g/mol. The quantitative estimate of drug-likeness (QED) is 0.736. The van der Waals surface area contributed by atoms with Crippen LogP contribution in [0.5, 0.6) is 0 Å². The molecule has 23 heavy (non-hydrogen) atoms. The minimum absolute atomic E-state index is 0.399. The van der Waals surface area contributed by atoms with E-state index in [0.717, 1.165) is 43.5 Å². The topological polar surface area (TPSA) is 64.7 Å². The van der Waals surface area contributed by atoms with E-state index in [0.29, 0.717) is 6.04 Å². The van der Waals surface area contributed by atoms with Gasteiger partial charge in [0.2, 0.25) is 5.95 Å². The molecule has 0 unspecified atom stereocenters. The Kier molecular flexibility index (Phi) is 3.53. The second-order valence-electron chi connectivity index (χ2n) is 5.78. The number of hydrogen-bond donors (Lipinski definition) is 0. The minimum atomic E-state index is 0.399. The average Bonchev–Trinajstić information content (AvgIpc) is 3.31. The van der Waals surface area contributed by atoms with Crippen molar-refractivity contribution in [3.63, 3.8) is 0 Å². The van der Waals surface area contributed by atoms with Gasteiger partial charge in [-0.15, -0.1) is 0 Å². The lowest BCUT2D eigenvalue weighted by atomic mass is 10.2. The van der Waals surface area contributed by atoms with Crippen LogP contribution >= 0.6 is 0 Å². The van der Waals surface area contributed by atoms with Crippen LogP contribution in [-0.2, 0) is 6.54 Å². The lowest BCUT2D eigenvalue weighted by Crippen LogP contribution is -2.34. The summed E-state index contributed by atoms with van der Waals surface area (Å²) in [6, 6.07) is 4.17. The number of nitrogens with zero attached hydrogens (tertiary/aromatic N) is 7. The summed E-state index contributed by atoms with van der Waals surface area (Å²) in [6.07, 6.45) is 11.6. The van der Waals surface area contributed by atoms with E-state index in [4.69, 9.17) is 0 Å². The van der Waals surface area contributed by atoms with Crippen molar-refractivity contribution < 1.29 is 0 Å². The molecule has 1 aliphatic heterocycles. The molecule has 3 aromatic rings. The van der Waals surface area contributed by atoms with Gasteiger partial charge >= 0.3 is 0 Å². The second kappa shape index (κ2) is 5.83. The molecule has 4 heterocycles. The molecule has 7 heteroatoms.